The van der Waals surface area contributed by atoms with Crippen LogP contribution >= 0.6 is 0 Å². The van der Waals surface area contributed by atoms with Gasteiger partial charge in [0.2, 0.25) is 0 Å². The molecule has 3 rings (SSSR count). The summed E-state index contributed by atoms with van der Waals surface area (Å²) in [4.78, 5) is 46.6. The minimum atomic E-state index is -1.65. The maximum absolute atomic E-state index is 12.4. The topological polar surface area (TPSA) is 176 Å². The van der Waals surface area contributed by atoms with Crippen molar-refractivity contribution in [2.75, 3.05) is 6.61 Å². The van der Waals surface area contributed by atoms with Crippen molar-refractivity contribution < 1.29 is 43.2 Å². The van der Waals surface area contributed by atoms with E-state index in [4.69, 9.17) is 29.5 Å². The standard InChI is InChI=1S/C23H21NO10/c24-20(21(22(28)29)32-10-13-4-2-1-3-5-13)23(30)33-11-14-8-19(27)34-17-9-15(6-7-16(14)17)31-12-18(25)26/h1-9,20-21H,10-12,24H2,(H,25,26)(H,28,29)/t20-,21-/m0/s1. The molecule has 0 saturated heterocycles. The summed E-state index contributed by atoms with van der Waals surface area (Å²) in [5.41, 5.74) is 6.10. The number of ether oxygens (including phenoxy) is 3. The van der Waals surface area contributed by atoms with Gasteiger partial charge in [0.15, 0.2) is 12.7 Å². The van der Waals surface area contributed by atoms with Crippen LogP contribution in [0, 0.1) is 0 Å². The third-order valence-electron chi connectivity index (χ3n) is 4.65. The fourth-order valence-electron chi connectivity index (χ4n) is 3.02. The van der Waals surface area contributed by atoms with E-state index in [0.717, 1.165) is 6.07 Å². The van der Waals surface area contributed by atoms with Crippen molar-refractivity contribution in [1.82, 2.24) is 0 Å². The van der Waals surface area contributed by atoms with E-state index in [1.165, 1.54) is 18.2 Å². The van der Waals surface area contributed by atoms with Crippen LogP contribution in [0.4, 0.5) is 0 Å². The van der Waals surface area contributed by atoms with Gasteiger partial charge >= 0.3 is 23.5 Å². The van der Waals surface area contributed by atoms with Crippen LogP contribution in [0.5, 0.6) is 5.75 Å². The Bertz CT molecular complexity index is 1240. The summed E-state index contributed by atoms with van der Waals surface area (Å²) in [6.07, 6.45) is -1.65. The summed E-state index contributed by atoms with van der Waals surface area (Å²) >= 11 is 0. The van der Waals surface area contributed by atoms with Crippen molar-refractivity contribution >= 4 is 28.9 Å². The highest BCUT2D eigenvalue weighted by Gasteiger charge is 2.33. The summed E-state index contributed by atoms with van der Waals surface area (Å²) in [7, 11) is 0. The number of fused-ring (bicyclic) bond motifs is 1. The molecule has 1 heterocycles. The van der Waals surface area contributed by atoms with Crippen LogP contribution in [0.15, 0.2) is 63.8 Å². The van der Waals surface area contributed by atoms with Gasteiger partial charge in [-0.1, -0.05) is 30.3 Å². The molecule has 11 nitrogen and oxygen atoms in total. The van der Waals surface area contributed by atoms with Gasteiger partial charge in [-0.25, -0.2) is 14.4 Å². The van der Waals surface area contributed by atoms with E-state index in [0.29, 0.717) is 10.9 Å². The lowest BCUT2D eigenvalue weighted by atomic mass is 10.1. The number of nitrogens with two attached hydrogens (primary N) is 1. The molecule has 0 aliphatic heterocycles. The molecule has 0 aliphatic carbocycles. The van der Waals surface area contributed by atoms with Crippen LogP contribution in [0.1, 0.15) is 11.1 Å². The number of carboxylic acids is 2. The van der Waals surface area contributed by atoms with Gasteiger partial charge < -0.3 is 34.6 Å². The zero-order valence-corrected chi connectivity index (χ0v) is 17.7. The van der Waals surface area contributed by atoms with Crippen LogP contribution in [0.2, 0.25) is 0 Å². The van der Waals surface area contributed by atoms with Crippen LogP contribution in [-0.2, 0) is 37.1 Å². The van der Waals surface area contributed by atoms with Crippen molar-refractivity contribution in [2.45, 2.75) is 25.4 Å². The zero-order valence-electron chi connectivity index (χ0n) is 17.7. The quantitative estimate of drug-likeness (QED) is 0.271. The van der Waals surface area contributed by atoms with E-state index in [1.54, 1.807) is 30.3 Å². The first-order valence-electron chi connectivity index (χ1n) is 9.96. The molecule has 1 aromatic heterocycles. The average Bonchev–Trinajstić information content (AvgIpc) is 2.81. The highest BCUT2D eigenvalue weighted by molar-refractivity contribution is 5.86. The van der Waals surface area contributed by atoms with E-state index in [1.807, 2.05) is 0 Å². The first-order valence-corrected chi connectivity index (χ1v) is 9.96. The van der Waals surface area contributed by atoms with Gasteiger partial charge in [0, 0.05) is 23.1 Å². The van der Waals surface area contributed by atoms with Crippen LogP contribution in [-0.4, -0.2) is 46.9 Å². The first-order chi connectivity index (χ1) is 16.2. The van der Waals surface area contributed by atoms with E-state index in [2.05, 4.69) is 0 Å². The van der Waals surface area contributed by atoms with Crippen molar-refractivity contribution in [3.8, 4) is 5.75 Å². The van der Waals surface area contributed by atoms with Gasteiger partial charge in [0.25, 0.3) is 0 Å². The molecule has 0 saturated carbocycles. The Morgan fingerprint density at radius 2 is 1.74 bits per heavy atom. The number of carbonyl (C=O) groups excluding carboxylic acids is 1. The van der Waals surface area contributed by atoms with Gasteiger partial charge in [0.1, 0.15) is 24.0 Å². The Balaban J connectivity index is 1.69. The Kier molecular flexibility index (Phi) is 7.96. The Morgan fingerprint density at radius 3 is 2.41 bits per heavy atom. The third kappa shape index (κ3) is 6.40. The molecule has 4 N–H and O–H groups in total. The molecule has 0 amide bonds. The molecule has 0 bridgehead atoms. The van der Waals surface area contributed by atoms with E-state index in [-0.39, 0.29) is 23.5 Å². The molecule has 0 spiro atoms. The van der Waals surface area contributed by atoms with Gasteiger partial charge in [-0.05, 0) is 17.7 Å². The number of rotatable bonds is 11. The number of esters is 1. The molecule has 0 unspecified atom stereocenters. The molecule has 0 aliphatic rings. The average molecular weight is 471 g/mol. The normalized spacial score (nSPS) is 12.6. The lowest BCUT2D eigenvalue weighted by Crippen LogP contribution is -2.48. The number of aliphatic carboxylic acids is 2. The highest BCUT2D eigenvalue weighted by Crippen LogP contribution is 2.23. The lowest BCUT2D eigenvalue weighted by Gasteiger charge is -2.19. The fraction of sp³-hybridized carbons (Fsp3) is 0.217. The zero-order chi connectivity index (χ0) is 24.7. The molecule has 2 aromatic carbocycles. The smallest absolute Gasteiger partial charge is 0.341 e. The van der Waals surface area contributed by atoms with Gasteiger partial charge in [-0.15, -0.1) is 0 Å². The second-order valence-corrected chi connectivity index (χ2v) is 7.12. The molecule has 11 heteroatoms. The van der Waals surface area contributed by atoms with Crippen LogP contribution in [0.25, 0.3) is 11.0 Å². The molecule has 178 valence electrons. The van der Waals surface area contributed by atoms with Crippen molar-refractivity contribution in [1.29, 1.82) is 0 Å². The largest absolute Gasteiger partial charge is 0.482 e. The maximum Gasteiger partial charge on any atom is 0.341 e. The Hall–Kier alpha value is -4.22. The molecule has 0 fully saturated rings. The minimum absolute atomic E-state index is 0.0740. The fourth-order valence-corrected chi connectivity index (χ4v) is 3.02. The monoisotopic (exact) mass is 471 g/mol. The second-order valence-electron chi connectivity index (χ2n) is 7.12. The molecular weight excluding hydrogens is 450 g/mol. The first kappa shape index (κ1) is 24.4. The lowest BCUT2D eigenvalue weighted by molar-refractivity contribution is -0.163. The predicted molar refractivity (Wildman–Crippen MR) is 116 cm³/mol. The van der Waals surface area contributed by atoms with Crippen molar-refractivity contribution in [3.05, 3.63) is 76.1 Å². The molecule has 3 aromatic rings. The van der Waals surface area contributed by atoms with Gasteiger partial charge in [0.05, 0.1) is 6.61 Å². The molecule has 34 heavy (non-hydrogen) atoms. The van der Waals surface area contributed by atoms with E-state index >= 15 is 0 Å². The Morgan fingerprint density at radius 1 is 1.00 bits per heavy atom. The van der Waals surface area contributed by atoms with Crippen molar-refractivity contribution in [2.24, 2.45) is 5.73 Å². The number of hydrogen-bond donors (Lipinski definition) is 3. The van der Waals surface area contributed by atoms with E-state index in [9.17, 15) is 24.3 Å². The summed E-state index contributed by atoms with van der Waals surface area (Å²) < 4.78 is 20.6. The molecular formula is C23H21NO10. The maximum atomic E-state index is 12.4. The second kappa shape index (κ2) is 11.1. The highest BCUT2D eigenvalue weighted by atomic mass is 16.5. The number of carbonyl (C=O) groups is 3. The number of hydrogen-bond acceptors (Lipinski definition) is 9. The minimum Gasteiger partial charge on any atom is -0.482 e. The SMILES string of the molecule is N[C@H](C(=O)OCc1cc(=O)oc2cc(OCC(=O)O)ccc12)[C@H](OCc1ccccc1)C(=O)O. The predicted octanol–water partition coefficient (Wildman–Crippen LogP) is 1.30. The Labute approximate surface area is 192 Å². The summed E-state index contributed by atoms with van der Waals surface area (Å²) in [5.74, 6) is -3.48. The van der Waals surface area contributed by atoms with Crippen LogP contribution in [0.3, 0.4) is 0 Å². The van der Waals surface area contributed by atoms with Crippen molar-refractivity contribution in [3.63, 3.8) is 0 Å². The van der Waals surface area contributed by atoms with Crippen LogP contribution < -0.4 is 16.1 Å². The molecule has 2 atom stereocenters. The summed E-state index contributed by atoms with van der Waals surface area (Å²) in [6, 6.07) is 12.5. The number of benzene rings is 2. The van der Waals surface area contributed by atoms with Gasteiger partial charge in [-0.3, -0.25) is 4.79 Å². The summed E-state index contributed by atoms with van der Waals surface area (Å²) in [6.45, 7) is -1.05. The summed E-state index contributed by atoms with van der Waals surface area (Å²) in [5, 5.41) is 18.5. The van der Waals surface area contributed by atoms with E-state index < -0.39 is 48.9 Å². The third-order valence-corrected chi connectivity index (χ3v) is 4.65. The van der Waals surface area contributed by atoms with Gasteiger partial charge in [-0.2, -0.15) is 0 Å². The molecule has 0 radical (unpaired) electrons. The number of carboxylic acid groups (broad SMARTS) is 2.